The molecule has 0 radical (unpaired) electrons. The molecule has 5 rings (SSSR count). The van der Waals surface area contributed by atoms with Crippen LogP contribution in [0.4, 0.5) is 0 Å². The Morgan fingerprint density at radius 2 is 1.54 bits per heavy atom. The van der Waals surface area contributed by atoms with Gasteiger partial charge in [-0.1, -0.05) is 48.5 Å². The highest BCUT2D eigenvalue weighted by Crippen LogP contribution is 2.37. The molecule has 3 heterocycles. The number of nitrogens with zero attached hydrogens (tertiary/aromatic N) is 2. The molecule has 0 fully saturated rings. The van der Waals surface area contributed by atoms with Crippen molar-refractivity contribution in [3.63, 3.8) is 0 Å². The summed E-state index contributed by atoms with van der Waals surface area (Å²) in [6.45, 7) is 2.48. The molecule has 2 aromatic carbocycles. The van der Waals surface area contributed by atoms with E-state index >= 15 is 0 Å². The molecular weight excluding hydrogens is 486 g/mol. The van der Waals surface area contributed by atoms with Crippen LogP contribution >= 0.6 is 11.3 Å². The first kappa shape index (κ1) is 24.8. The van der Waals surface area contributed by atoms with Gasteiger partial charge < -0.3 is 20.4 Å². The second-order valence-corrected chi connectivity index (χ2v) is 10.0. The average Bonchev–Trinajstić information content (AvgIpc) is 3.60. The van der Waals surface area contributed by atoms with Gasteiger partial charge in [-0.15, -0.1) is 11.3 Å². The number of aliphatic hydroxyl groups is 2. The van der Waals surface area contributed by atoms with Crippen LogP contribution in [-0.4, -0.2) is 44.1 Å². The molecule has 0 bridgehead atoms. The number of nitrogens with one attached hydrogen (secondary N) is 1. The first-order chi connectivity index (χ1) is 17.9. The van der Waals surface area contributed by atoms with Crippen LogP contribution in [-0.2, 0) is 22.7 Å². The maximum absolute atomic E-state index is 12.7. The van der Waals surface area contributed by atoms with Gasteiger partial charge >= 0.3 is 0 Å². The Kier molecular flexibility index (Phi) is 7.14. The Balaban J connectivity index is 1.21. The molecule has 1 aliphatic rings. The number of aromatic nitrogens is 1. The highest BCUT2D eigenvalue weighted by molar-refractivity contribution is 7.14. The maximum atomic E-state index is 12.7. The van der Waals surface area contributed by atoms with E-state index in [-0.39, 0.29) is 0 Å². The van der Waals surface area contributed by atoms with Crippen molar-refractivity contribution >= 4 is 23.2 Å². The van der Waals surface area contributed by atoms with Crippen LogP contribution in [0, 0.1) is 0 Å². The summed E-state index contributed by atoms with van der Waals surface area (Å²) in [5.41, 5.74) is 6.10. The summed E-state index contributed by atoms with van der Waals surface area (Å²) in [7, 11) is 0. The molecule has 3 N–H and O–H groups in total. The summed E-state index contributed by atoms with van der Waals surface area (Å²) in [6, 6.07) is 21.1. The van der Waals surface area contributed by atoms with Crippen LogP contribution in [0.25, 0.3) is 21.6 Å². The number of aliphatic hydroxyl groups excluding tert-OH is 2. The summed E-state index contributed by atoms with van der Waals surface area (Å²) in [6.07, 6.45) is -0.165. The van der Waals surface area contributed by atoms with Gasteiger partial charge in [0.1, 0.15) is 0 Å². The Hall–Kier alpha value is -3.85. The van der Waals surface area contributed by atoms with E-state index in [1.807, 2.05) is 60.7 Å². The minimum Gasteiger partial charge on any atom is -0.380 e. The zero-order chi connectivity index (χ0) is 25.9. The highest BCUT2D eigenvalue weighted by Gasteiger charge is 2.35. The number of fused-ring (bicyclic) bond motifs is 1. The normalized spacial score (nSPS) is 15.1. The molecule has 3 atom stereocenters. The molecule has 2 unspecified atom stereocenters. The van der Waals surface area contributed by atoms with Gasteiger partial charge in [-0.05, 0) is 58.3 Å². The number of hydrogen-bond donors (Lipinski definition) is 3. The van der Waals surface area contributed by atoms with Crippen LogP contribution in [0.5, 0.6) is 0 Å². The lowest BCUT2D eigenvalue weighted by Crippen LogP contribution is -2.50. The molecule has 0 saturated carbocycles. The van der Waals surface area contributed by atoms with Crippen molar-refractivity contribution in [3.05, 3.63) is 101 Å². The van der Waals surface area contributed by atoms with Crippen molar-refractivity contribution in [1.29, 1.82) is 0 Å². The number of amides is 2. The first-order valence-corrected chi connectivity index (χ1v) is 12.9. The number of thiophene rings is 1. The molecule has 37 heavy (non-hydrogen) atoms. The average molecular weight is 514 g/mol. The molecule has 2 aromatic heterocycles. The third kappa shape index (κ3) is 5.17. The van der Waals surface area contributed by atoms with E-state index in [1.54, 1.807) is 30.7 Å². The zero-order valence-corrected chi connectivity index (χ0v) is 21.1. The van der Waals surface area contributed by atoms with Gasteiger partial charge in [0, 0.05) is 35.9 Å². The minimum absolute atomic E-state index is 0.344. The molecule has 4 aromatic rings. The topological polar surface area (TPSA) is 103 Å². The number of hydrogen-bond acceptors (Lipinski definition) is 6. The van der Waals surface area contributed by atoms with E-state index in [0.717, 1.165) is 38.3 Å². The van der Waals surface area contributed by atoms with Gasteiger partial charge in [-0.2, -0.15) is 0 Å². The Morgan fingerprint density at radius 3 is 2.19 bits per heavy atom. The van der Waals surface area contributed by atoms with Crippen LogP contribution < -0.4 is 5.32 Å². The van der Waals surface area contributed by atoms with E-state index in [2.05, 4.69) is 21.7 Å². The number of carbonyl (C=O) groups is 2. The van der Waals surface area contributed by atoms with Gasteiger partial charge in [0.15, 0.2) is 12.2 Å². The third-order valence-electron chi connectivity index (χ3n) is 6.66. The molecule has 188 valence electrons. The summed E-state index contributed by atoms with van der Waals surface area (Å²) in [5.74, 6) is -1.47. The molecular formula is C29H27N3O4S. The van der Waals surface area contributed by atoms with Crippen LogP contribution in [0.2, 0.25) is 0 Å². The van der Waals surface area contributed by atoms with Crippen molar-refractivity contribution in [2.24, 2.45) is 0 Å². The third-order valence-corrected chi connectivity index (χ3v) is 7.62. The minimum atomic E-state index is -1.87. The highest BCUT2D eigenvalue weighted by atomic mass is 32.1. The van der Waals surface area contributed by atoms with Crippen molar-refractivity contribution in [1.82, 2.24) is 15.2 Å². The Bertz CT molecular complexity index is 1380. The van der Waals surface area contributed by atoms with Crippen molar-refractivity contribution in [3.8, 4) is 21.6 Å². The number of rotatable bonds is 7. The lowest BCUT2D eigenvalue weighted by Gasteiger charge is -2.24. The van der Waals surface area contributed by atoms with Crippen LogP contribution in [0.3, 0.4) is 0 Å². The standard InChI is InChI=1S/C29H27N3O4S/c1-18(19-6-8-21(9-7-19)27-24(12-15-37-27)20-10-13-30-14-11-20)31-28(35)25(33)26(34)29(36)32-16-22-4-2-3-5-23(22)17-32/h2-15,18,25-26,33-34H,16-17H2,1H3,(H,31,35)/t18-,25?,26?/m1/s1. The lowest BCUT2D eigenvalue weighted by atomic mass is 10.0. The van der Waals surface area contributed by atoms with E-state index < -0.39 is 30.1 Å². The summed E-state index contributed by atoms with van der Waals surface area (Å²) in [4.78, 5) is 32.1. The van der Waals surface area contributed by atoms with E-state index in [9.17, 15) is 19.8 Å². The largest absolute Gasteiger partial charge is 0.380 e. The second kappa shape index (κ2) is 10.6. The quantitative estimate of drug-likeness (QED) is 0.348. The summed E-state index contributed by atoms with van der Waals surface area (Å²) < 4.78 is 0. The molecule has 0 aliphatic carbocycles. The van der Waals surface area contributed by atoms with Gasteiger partial charge in [0.05, 0.1) is 6.04 Å². The molecule has 0 saturated heterocycles. The fraction of sp³-hybridized carbons (Fsp3) is 0.207. The van der Waals surface area contributed by atoms with Gasteiger partial charge in [0.25, 0.3) is 11.8 Å². The van der Waals surface area contributed by atoms with Crippen molar-refractivity contribution in [2.75, 3.05) is 0 Å². The maximum Gasteiger partial charge on any atom is 0.255 e. The van der Waals surface area contributed by atoms with Crippen molar-refractivity contribution in [2.45, 2.75) is 38.3 Å². The predicted octanol–water partition coefficient (Wildman–Crippen LogP) is 3.92. The molecule has 8 heteroatoms. The number of carbonyl (C=O) groups excluding carboxylic acids is 2. The van der Waals surface area contributed by atoms with Crippen molar-refractivity contribution < 1.29 is 19.8 Å². The smallest absolute Gasteiger partial charge is 0.255 e. The SMILES string of the molecule is C[C@@H](NC(=O)C(O)C(O)C(=O)N1Cc2ccccc2C1)c1ccc(-c2sccc2-c2ccncc2)cc1. The van der Waals surface area contributed by atoms with Gasteiger partial charge in [0.2, 0.25) is 0 Å². The summed E-state index contributed by atoms with van der Waals surface area (Å²) in [5, 5.41) is 25.6. The Morgan fingerprint density at radius 1 is 0.892 bits per heavy atom. The second-order valence-electron chi connectivity index (χ2n) is 9.10. The molecule has 0 spiro atoms. The zero-order valence-electron chi connectivity index (χ0n) is 20.2. The van der Waals surface area contributed by atoms with E-state index in [1.165, 1.54) is 4.90 Å². The number of pyridine rings is 1. The first-order valence-electron chi connectivity index (χ1n) is 12.0. The lowest BCUT2D eigenvalue weighted by molar-refractivity contribution is -0.153. The van der Waals surface area contributed by atoms with Gasteiger partial charge in [-0.3, -0.25) is 14.6 Å². The van der Waals surface area contributed by atoms with Gasteiger partial charge in [-0.25, -0.2) is 0 Å². The Labute approximate surface area is 219 Å². The summed E-state index contributed by atoms with van der Waals surface area (Å²) >= 11 is 1.65. The van der Waals surface area contributed by atoms with E-state index in [0.29, 0.717) is 13.1 Å². The number of benzene rings is 2. The van der Waals surface area contributed by atoms with Crippen LogP contribution in [0.15, 0.2) is 84.5 Å². The van der Waals surface area contributed by atoms with E-state index in [4.69, 9.17) is 0 Å². The predicted molar refractivity (Wildman–Crippen MR) is 142 cm³/mol. The monoisotopic (exact) mass is 513 g/mol. The molecule has 7 nitrogen and oxygen atoms in total. The fourth-order valence-corrected chi connectivity index (χ4v) is 5.48. The molecule has 1 aliphatic heterocycles. The fourth-order valence-electron chi connectivity index (χ4n) is 4.55. The van der Waals surface area contributed by atoms with Crippen LogP contribution in [0.1, 0.15) is 29.7 Å². The molecule has 2 amide bonds.